The summed E-state index contributed by atoms with van der Waals surface area (Å²) in [7, 11) is 7.47. The molecule has 2 N–H and O–H groups in total. The van der Waals surface area contributed by atoms with Gasteiger partial charge in [0.05, 0.1) is 24.5 Å². The second kappa shape index (κ2) is 10.9. The van der Waals surface area contributed by atoms with Crippen molar-refractivity contribution in [3.63, 3.8) is 0 Å². The minimum atomic E-state index is 0.0368. The minimum Gasteiger partial charge on any atom is -0.356 e. The van der Waals surface area contributed by atoms with E-state index in [1.54, 1.807) is 11.9 Å². The van der Waals surface area contributed by atoms with Gasteiger partial charge in [0.25, 0.3) is 0 Å². The maximum Gasteiger partial charge on any atom is 0.239 e. The van der Waals surface area contributed by atoms with Gasteiger partial charge in [0, 0.05) is 41.3 Å². The van der Waals surface area contributed by atoms with Gasteiger partial charge in [0.1, 0.15) is 5.82 Å². The maximum atomic E-state index is 12.3. The summed E-state index contributed by atoms with van der Waals surface area (Å²) >= 11 is 0. The Bertz CT molecular complexity index is 862. The Labute approximate surface area is 185 Å². The summed E-state index contributed by atoms with van der Waals surface area (Å²) in [5.41, 5.74) is 2.14. The number of likely N-dealkylation sites (tertiary alicyclic amines) is 1. The number of imidazole rings is 1. The molecule has 1 amide bonds. The number of aliphatic imine (C=N–C) groups is 1. The van der Waals surface area contributed by atoms with Crippen LogP contribution in [0.5, 0.6) is 0 Å². The van der Waals surface area contributed by atoms with Gasteiger partial charge in [-0.2, -0.15) is 0 Å². The lowest BCUT2D eigenvalue weighted by Gasteiger charge is -2.26. The normalized spacial score (nSPS) is 17.0. The largest absolute Gasteiger partial charge is 0.356 e. The first-order valence-corrected chi connectivity index (χ1v) is 11.0. The Morgan fingerprint density at radius 3 is 2.77 bits per heavy atom. The highest BCUT2D eigenvalue weighted by atomic mass is 16.2. The van der Waals surface area contributed by atoms with Crippen LogP contribution in [0.4, 0.5) is 0 Å². The van der Waals surface area contributed by atoms with Crippen LogP contribution in [0.3, 0.4) is 0 Å². The van der Waals surface area contributed by atoms with Crippen molar-refractivity contribution in [1.29, 1.82) is 0 Å². The third-order valence-corrected chi connectivity index (χ3v) is 5.67. The molecule has 1 aliphatic heterocycles. The highest BCUT2D eigenvalue weighted by molar-refractivity contribution is 5.81. The van der Waals surface area contributed by atoms with E-state index in [0.29, 0.717) is 6.54 Å². The van der Waals surface area contributed by atoms with E-state index in [-0.39, 0.29) is 11.9 Å². The summed E-state index contributed by atoms with van der Waals surface area (Å²) in [6, 6.07) is 10.2. The van der Waals surface area contributed by atoms with Gasteiger partial charge in [-0.15, -0.1) is 0 Å². The molecule has 1 saturated heterocycles. The summed E-state index contributed by atoms with van der Waals surface area (Å²) in [5.74, 6) is 1.95. The Hall–Kier alpha value is -2.87. The van der Waals surface area contributed by atoms with Crippen LogP contribution in [0.15, 0.2) is 41.5 Å². The predicted molar refractivity (Wildman–Crippen MR) is 125 cm³/mol. The van der Waals surface area contributed by atoms with E-state index in [0.717, 1.165) is 61.9 Å². The molecule has 0 bridgehead atoms. The van der Waals surface area contributed by atoms with Gasteiger partial charge in [-0.1, -0.05) is 30.3 Å². The number of carbonyl (C=O) groups excluding carboxylic acids is 1. The number of nitrogens with one attached hydrogen (secondary N) is 2. The zero-order valence-electron chi connectivity index (χ0n) is 19.1. The highest BCUT2D eigenvalue weighted by Gasteiger charge is 2.31. The van der Waals surface area contributed by atoms with Crippen molar-refractivity contribution < 1.29 is 4.79 Å². The van der Waals surface area contributed by atoms with Gasteiger partial charge >= 0.3 is 0 Å². The molecule has 1 aliphatic rings. The van der Waals surface area contributed by atoms with Crippen molar-refractivity contribution in [2.45, 2.75) is 31.8 Å². The van der Waals surface area contributed by atoms with Gasteiger partial charge in [-0.25, -0.2) is 4.98 Å². The number of guanidine groups is 1. The molecular weight excluding hydrogens is 390 g/mol. The Kier molecular flexibility index (Phi) is 8.06. The molecule has 0 radical (unpaired) electrons. The van der Waals surface area contributed by atoms with E-state index >= 15 is 0 Å². The molecule has 1 aromatic carbocycles. The first-order valence-electron chi connectivity index (χ1n) is 11.0. The molecule has 0 saturated carbocycles. The predicted octanol–water partition coefficient (Wildman–Crippen LogP) is 2.03. The molecule has 2 aromatic rings. The topological polar surface area (TPSA) is 79.9 Å². The molecular formula is C23H35N7O. The van der Waals surface area contributed by atoms with Gasteiger partial charge in [0.15, 0.2) is 5.96 Å². The number of likely N-dealkylation sites (N-methyl/N-ethyl adjacent to an activating group) is 1. The van der Waals surface area contributed by atoms with E-state index in [1.807, 2.05) is 45.5 Å². The fraction of sp³-hybridized carbons (Fsp3) is 0.522. The van der Waals surface area contributed by atoms with Crippen molar-refractivity contribution in [2.24, 2.45) is 4.99 Å². The van der Waals surface area contributed by atoms with E-state index in [4.69, 9.17) is 0 Å². The summed E-state index contributed by atoms with van der Waals surface area (Å²) in [5, 5.41) is 3.43. The first-order chi connectivity index (χ1) is 15.0. The van der Waals surface area contributed by atoms with Crippen molar-refractivity contribution in [3.05, 3.63) is 42.4 Å². The summed E-state index contributed by atoms with van der Waals surface area (Å²) in [6.07, 6.45) is 4.89. The van der Waals surface area contributed by atoms with E-state index in [9.17, 15) is 4.79 Å². The van der Waals surface area contributed by atoms with Crippen LogP contribution < -0.4 is 5.32 Å². The minimum absolute atomic E-state index is 0.0368. The number of rotatable bonds is 8. The number of aromatic nitrogens is 2. The van der Waals surface area contributed by atoms with Gasteiger partial charge in [0.2, 0.25) is 5.91 Å². The molecule has 8 heteroatoms. The molecule has 1 aromatic heterocycles. The van der Waals surface area contributed by atoms with Crippen LogP contribution in [0, 0.1) is 0 Å². The van der Waals surface area contributed by atoms with Crippen molar-refractivity contribution in [2.75, 3.05) is 47.8 Å². The second-order valence-corrected chi connectivity index (χ2v) is 8.22. The molecule has 1 unspecified atom stereocenters. The SMILES string of the molecule is CN=C(NCCCN1CCCC1C(=O)N(C)C)N(C)Cc1ncc(-c2ccccc2)[nH]1. The number of hydrogen-bond acceptors (Lipinski definition) is 4. The van der Waals surface area contributed by atoms with Crippen LogP contribution in [-0.4, -0.2) is 90.4 Å². The highest BCUT2D eigenvalue weighted by Crippen LogP contribution is 2.19. The fourth-order valence-corrected chi connectivity index (χ4v) is 4.05. The first kappa shape index (κ1) is 22.8. The van der Waals surface area contributed by atoms with Crippen molar-refractivity contribution in [1.82, 2.24) is 30.0 Å². The fourth-order valence-electron chi connectivity index (χ4n) is 4.05. The van der Waals surface area contributed by atoms with Gasteiger partial charge < -0.3 is 20.1 Å². The number of nitrogens with zero attached hydrogens (tertiary/aromatic N) is 5. The number of hydrogen-bond donors (Lipinski definition) is 2. The molecule has 31 heavy (non-hydrogen) atoms. The van der Waals surface area contributed by atoms with Crippen LogP contribution >= 0.6 is 0 Å². The number of H-pyrrole nitrogens is 1. The Morgan fingerprint density at radius 1 is 1.29 bits per heavy atom. The third-order valence-electron chi connectivity index (χ3n) is 5.67. The Morgan fingerprint density at radius 2 is 2.06 bits per heavy atom. The summed E-state index contributed by atoms with van der Waals surface area (Å²) in [6.45, 7) is 3.36. The van der Waals surface area contributed by atoms with E-state index in [1.165, 1.54) is 0 Å². The van der Waals surface area contributed by atoms with E-state index < -0.39 is 0 Å². The average molecular weight is 426 g/mol. The number of aromatic amines is 1. The van der Waals surface area contributed by atoms with Crippen LogP contribution in [0.1, 0.15) is 25.1 Å². The standard InChI is InChI=1S/C23H35N7O/c1-24-23(25-13-9-15-30-14-8-12-20(30)22(31)28(2)3)29(4)17-21-26-16-19(27-21)18-10-6-5-7-11-18/h5-7,10-11,16,20H,8-9,12-15,17H2,1-4H3,(H,24,25)(H,26,27). The zero-order chi connectivity index (χ0) is 22.2. The molecule has 1 atom stereocenters. The quantitative estimate of drug-likeness (QED) is 0.384. The Balaban J connectivity index is 1.45. The van der Waals surface area contributed by atoms with E-state index in [2.05, 4.69) is 42.2 Å². The number of benzene rings is 1. The summed E-state index contributed by atoms with van der Waals surface area (Å²) < 4.78 is 0. The summed E-state index contributed by atoms with van der Waals surface area (Å²) in [4.78, 5) is 30.7. The molecule has 8 nitrogen and oxygen atoms in total. The molecule has 3 rings (SSSR count). The van der Waals surface area contributed by atoms with Crippen LogP contribution in [-0.2, 0) is 11.3 Å². The smallest absolute Gasteiger partial charge is 0.239 e. The lowest BCUT2D eigenvalue weighted by molar-refractivity contribution is -0.133. The van der Waals surface area contributed by atoms with Crippen molar-refractivity contribution >= 4 is 11.9 Å². The molecule has 168 valence electrons. The van der Waals surface area contributed by atoms with Crippen LogP contribution in [0.25, 0.3) is 11.3 Å². The van der Waals surface area contributed by atoms with Gasteiger partial charge in [-0.05, 0) is 31.4 Å². The van der Waals surface area contributed by atoms with Crippen LogP contribution in [0.2, 0.25) is 0 Å². The monoisotopic (exact) mass is 425 g/mol. The zero-order valence-corrected chi connectivity index (χ0v) is 19.1. The second-order valence-electron chi connectivity index (χ2n) is 8.22. The third kappa shape index (κ3) is 6.07. The lowest BCUT2D eigenvalue weighted by Crippen LogP contribution is -2.44. The molecule has 0 spiro atoms. The molecule has 1 fully saturated rings. The number of carbonyl (C=O) groups is 1. The molecule has 0 aliphatic carbocycles. The average Bonchev–Trinajstić information content (AvgIpc) is 3.43. The van der Waals surface area contributed by atoms with Gasteiger partial charge in [-0.3, -0.25) is 14.7 Å². The molecule has 2 heterocycles. The van der Waals surface area contributed by atoms with Crippen molar-refractivity contribution in [3.8, 4) is 11.3 Å². The maximum absolute atomic E-state index is 12.3. The lowest BCUT2D eigenvalue weighted by atomic mass is 10.2. The number of amides is 1.